The summed E-state index contributed by atoms with van der Waals surface area (Å²) in [4.78, 5) is 3.32. The van der Waals surface area contributed by atoms with E-state index < -0.39 is 0 Å². The van der Waals surface area contributed by atoms with Gasteiger partial charge in [0.05, 0.1) is 17.8 Å². The van der Waals surface area contributed by atoms with Gasteiger partial charge in [0, 0.05) is 17.5 Å². The van der Waals surface area contributed by atoms with Crippen molar-refractivity contribution in [3.8, 4) is 17.9 Å². The van der Waals surface area contributed by atoms with Crippen LogP contribution in [0.25, 0.3) is 0 Å². The first-order valence-corrected chi connectivity index (χ1v) is 7.88. The summed E-state index contributed by atoms with van der Waals surface area (Å²) in [5.41, 5.74) is 2.05. The van der Waals surface area contributed by atoms with Crippen molar-refractivity contribution >= 4 is 17.4 Å². The number of methoxy groups -OCH3 is 1. The molecule has 0 aliphatic carbocycles. The second kappa shape index (κ2) is 7.06. The maximum Gasteiger partial charge on any atom is 0.132 e. The van der Waals surface area contributed by atoms with E-state index in [2.05, 4.69) is 11.8 Å². The molecular weight excluding hydrogens is 294 g/mol. The molecule has 0 atom stereocenters. The maximum absolute atomic E-state index is 9.07. The minimum atomic E-state index is 0.181. The van der Waals surface area contributed by atoms with E-state index in [4.69, 9.17) is 15.3 Å². The third-order valence-corrected chi connectivity index (χ3v) is 4.59. The number of nitriles is 2. The highest BCUT2D eigenvalue weighted by atomic mass is 32.2. The van der Waals surface area contributed by atoms with Crippen LogP contribution in [0.15, 0.2) is 45.3 Å². The van der Waals surface area contributed by atoms with Crippen molar-refractivity contribution in [3.63, 3.8) is 0 Å². The zero-order chi connectivity index (χ0) is 16.1. The minimum absolute atomic E-state index is 0.181. The summed E-state index contributed by atoms with van der Waals surface area (Å²) in [7, 11) is 1.65. The number of anilines is 1. The molecular formula is C17H17N3OS. The lowest BCUT2D eigenvalue weighted by Crippen LogP contribution is -2.16. The van der Waals surface area contributed by atoms with E-state index in [1.54, 1.807) is 18.9 Å². The van der Waals surface area contributed by atoms with E-state index >= 15 is 0 Å². The van der Waals surface area contributed by atoms with Gasteiger partial charge in [0.2, 0.25) is 0 Å². The fourth-order valence-corrected chi connectivity index (χ4v) is 3.48. The smallest absolute Gasteiger partial charge is 0.132 e. The summed E-state index contributed by atoms with van der Waals surface area (Å²) in [6.45, 7) is 4.84. The Kier molecular flexibility index (Phi) is 5.14. The lowest BCUT2D eigenvalue weighted by Gasteiger charge is -2.18. The van der Waals surface area contributed by atoms with Crippen LogP contribution in [-0.4, -0.2) is 13.7 Å². The molecule has 0 unspecified atom stereocenters. The molecule has 0 aromatic heterocycles. The van der Waals surface area contributed by atoms with E-state index in [-0.39, 0.29) is 5.57 Å². The maximum atomic E-state index is 9.07. The molecule has 0 fully saturated rings. The monoisotopic (exact) mass is 311 g/mol. The van der Waals surface area contributed by atoms with Gasteiger partial charge in [0.15, 0.2) is 0 Å². The first-order chi connectivity index (χ1) is 10.7. The predicted octanol–water partition coefficient (Wildman–Crippen LogP) is 4.22. The molecule has 2 rings (SSSR count). The molecule has 1 aliphatic heterocycles. The van der Waals surface area contributed by atoms with Crippen molar-refractivity contribution in [2.75, 3.05) is 18.6 Å². The molecule has 22 heavy (non-hydrogen) atoms. The molecule has 5 heteroatoms. The molecule has 1 aliphatic rings. The SMILES string of the molecule is CCC(/C=C1\Sc2ccc(OC)cc2N1CC)=C(C#N)C#N. The van der Waals surface area contributed by atoms with Crippen LogP contribution in [0, 0.1) is 22.7 Å². The van der Waals surface area contributed by atoms with Crippen LogP contribution in [-0.2, 0) is 0 Å². The molecule has 1 heterocycles. The fraction of sp³-hybridized carbons (Fsp3) is 0.294. The second-order valence-corrected chi connectivity index (χ2v) is 5.70. The van der Waals surface area contributed by atoms with E-state index in [1.807, 2.05) is 43.3 Å². The summed E-state index contributed by atoms with van der Waals surface area (Å²) >= 11 is 1.65. The van der Waals surface area contributed by atoms with Crippen LogP contribution >= 0.6 is 11.8 Å². The van der Waals surface area contributed by atoms with Crippen LogP contribution in [0.3, 0.4) is 0 Å². The molecule has 4 nitrogen and oxygen atoms in total. The minimum Gasteiger partial charge on any atom is -0.497 e. The Bertz CT molecular complexity index is 706. The van der Waals surface area contributed by atoms with Crippen LogP contribution in [0.1, 0.15) is 20.3 Å². The Hall–Kier alpha value is -2.37. The Labute approximate surface area is 135 Å². The first-order valence-electron chi connectivity index (χ1n) is 7.06. The fourth-order valence-electron chi connectivity index (χ4n) is 2.31. The molecule has 0 radical (unpaired) electrons. The molecule has 1 aromatic carbocycles. The van der Waals surface area contributed by atoms with Gasteiger partial charge in [0.25, 0.3) is 0 Å². The molecule has 0 bridgehead atoms. The van der Waals surface area contributed by atoms with Gasteiger partial charge in [-0.3, -0.25) is 0 Å². The van der Waals surface area contributed by atoms with Gasteiger partial charge in [-0.25, -0.2) is 0 Å². The largest absolute Gasteiger partial charge is 0.497 e. The molecule has 0 saturated carbocycles. The molecule has 1 aromatic rings. The van der Waals surface area contributed by atoms with Crippen molar-refractivity contribution in [3.05, 3.63) is 40.5 Å². The molecule has 0 N–H and O–H groups in total. The number of rotatable bonds is 4. The van der Waals surface area contributed by atoms with E-state index in [1.165, 1.54) is 0 Å². The number of thioether (sulfide) groups is 1. The van der Waals surface area contributed by atoms with Gasteiger partial charge in [-0.1, -0.05) is 18.7 Å². The summed E-state index contributed by atoms with van der Waals surface area (Å²) in [6.07, 6.45) is 2.60. The standard InChI is InChI=1S/C17H17N3OS/c1-4-12(13(10-18)11-19)8-17-20(5-2)15-9-14(21-3)6-7-16(15)22-17/h6-9H,4-5H2,1-3H3/b17-8-. The molecule has 0 spiro atoms. The zero-order valence-corrected chi connectivity index (χ0v) is 13.7. The third kappa shape index (κ3) is 2.95. The highest BCUT2D eigenvalue weighted by Crippen LogP contribution is 2.47. The number of nitrogens with zero attached hydrogens (tertiary/aromatic N) is 3. The van der Waals surface area contributed by atoms with Crippen LogP contribution < -0.4 is 9.64 Å². The zero-order valence-electron chi connectivity index (χ0n) is 12.9. The summed E-state index contributed by atoms with van der Waals surface area (Å²) < 4.78 is 5.29. The number of allylic oxidation sites excluding steroid dienone is 3. The van der Waals surface area contributed by atoms with Crippen molar-refractivity contribution in [1.29, 1.82) is 10.5 Å². The highest BCUT2D eigenvalue weighted by molar-refractivity contribution is 8.03. The van der Waals surface area contributed by atoms with Crippen molar-refractivity contribution in [1.82, 2.24) is 0 Å². The van der Waals surface area contributed by atoms with Gasteiger partial charge in [-0.2, -0.15) is 10.5 Å². The van der Waals surface area contributed by atoms with Crippen molar-refractivity contribution < 1.29 is 4.74 Å². The van der Waals surface area contributed by atoms with Gasteiger partial charge in [-0.15, -0.1) is 0 Å². The molecule has 0 saturated heterocycles. The van der Waals surface area contributed by atoms with Crippen LogP contribution in [0.4, 0.5) is 5.69 Å². The summed E-state index contributed by atoms with van der Waals surface area (Å²) in [6, 6.07) is 9.94. The number of hydrogen-bond acceptors (Lipinski definition) is 5. The Morgan fingerprint density at radius 1 is 1.32 bits per heavy atom. The predicted molar refractivity (Wildman–Crippen MR) is 88.5 cm³/mol. The van der Waals surface area contributed by atoms with Crippen LogP contribution in [0.2, 0.25) is 0 Å². The Balaban J connectivity index is 2.47. The molecule has 0 amide bonds. The third-order valence-electron chi connectivity index (χ3n) is 3.48. The van der Waals surface area contributed by atoms with Crippen molar-refractivity contribution in [2.24, 2.45) is 0 Å². The van der Waals surface area contributed by atoms with Gasteiger partial charge in [-0.05, 0) is 37.1 Å². The number of fused-ring (bicyclic) bond motifs is 1. The van der Waals surface area contributed by atoms with E-state index in [9.17, 15) is 0 Å². The van der Waals surface area contributed by atoms with Gasteiger partial charge in [0.1, 0.15) is 23.5 Å². The Morgan fingerprint density at radius 3 is 2.59 bits per heavy atom. The van der Waals surface area contributed by atoms with Crippen LogP contribution in [0.5, 0.6) is 5.75 Å². The quantitative estimate of drug-likeness (QED) is 0.779. The molecule has 112 valence electrons. The second-order valence-electron chi connectivity index (χ2n) is 4.64. The number of ether oxygens (including phenoxy) is 1. The van der Waals surface area contributed by atoms with Gasteiger partial charge < -0.3 is 9.64 Å². The van der Waals surface area contributed by atoms with E-state index in [0.717, 1.165) is 33.5 Å². The summed E-state index contributed by atoms with van der Waals surface area (Å²) in [5.74, 6) is 0.819. The lowest BCUT2D eigenvalue weighted by atomic mass is 10.1. The normalized spacial score (nSPS) is 14.2. The van der Waals surface area contributed by atoms with E-state index in [0.29, 0.717) is 6.42 Å². The average molecular weight is 311 g/mol. The highest BCUT2D eigenvalue weighted by Gasteiger charge is 2.24. The number of benzene rings is 1. The Morgan fingerprint density at radius 2 is 2.05 bits per heavy atom. The van der Waals surface area contributed by atoms with Crippen molar-refractivity contribution in [2.45, 2.75) is 25.2 Å². The number of hydrogen-bond donors (Lipinski definition) is 0. The van der Waals surface area contributed by atoms with Gasteiger partial charge >= 0.3 is 0 Å². The average Bonchev–Trinajstić information content (AvgIpc) is 2.90. The lowest BCUT2D eigenvalue weighted by molar-refractivity contribution is 0.414. The summed E-state index contributed by atoms with van der Waals surface area (Å²) in [5, 5.41) is 19.2. The first kappa shape index (κ1) is 16.0. The topological polar surface area (TPSA) is 60.0 Å².